The minimum absolute atomic E-state index is 0.313. The maximum atomic E-state index is 11.0. The van der Waals surface area contributed by atoms with Crippen molar-refractivity contribution < 1.29 is 9.53 Å². The Morgan fingerprint density at radius 3 is 2.85 bits per heavy atom. The van der Waals surface area contributed by atoms with Crippen LogP contribution in [0.4, 0.5) is 4.79 Å². The Morgan fingerprint density at radius 1 is 1.77 bits per heavy atom. The van der Waals surface area contributed by atoms with Gasteiger partial charge >= 0.3 is 6.09 Å². The average molecular weight is 181 g/mol. The molecule has 5 nitrogen and oxygen atoms in total. The lowest BCUT2D eigenvalue weighted by atomic mass is 10.4. The van der Waals surface area contributed by atoms with Gasteiger partial charge in [-0.05, 0) is 0 Å². The zero-order valence-corrected chi connectivity index (χ0v) is 7.65. The zero-order valence-electron chi connectivity index (χ0n) is 7.65. The predicted octanol–water partition coefficient (Wildman–Crippen LogP) is 0.365. The summed E-state index contributed by atoms with van der Waals surface area (Å²) in [5.74, 6) is 0. The summed E-state index contributed by atoms with van der Waals surface area (Å²) in [6, 6.07) is 1.95. The first-order chi connectivity index (χ1) is 6.15. The van der Waals surface area contributed by atoms with Gasteiger partial charge in [0.25, 0.3) is 0 Å². The molecule has 1 fully saturated rings. The van der Waals surface area contributed by atoms with E-state index in [1.54, 1.807) is 25.2 Å². The first-order valence-corrected chi connectivity index (χ1v) is 3.88. The van der Waals surface area contributed by atoms with Crippen LogP contribution in [0, 0.1) is 11.3 Å². The fourth-order valence-corrected chi connectivity index (χ4v) is 1.02. The summed E-state index contributed by atoms with van der Waals surface area (Å²) in [7, 11) is 3.58. The maximum Gasteiger partial charge on any atom is 0.415 e. The highest BCUT2D eigenvalue weighted by atomic mass is 16.6. The van der Waals surface area contributed by atoms with E-state index in [2.05, 4.69) is 0 Å². The number of ether oxygens (including phenoxy) is 1. The molecule has 0 aromatic heterocycles. The summed E-state index contributed by atoms with van der Waals surface area (Å²) in [6.45, 7) is 0.803. The van der Waals surface area contributed by atoms with Crippen LogP contribution in [0.15, 0.2) is 11.9 Å². The largest absolute Gasteiger partial charge is 0.447 e. The molecule has 1 rings (SSSR count). The van der Waals surface area contributed by atoms with Gasteiger partial charge in [-0.25, -0.2) is 4.79 Å². The molecule has 0 aromatic carbocycles. The lowest BCUT2D eigenvalue weighted by molar-refractivity contribution is 0.165. The topological polar surface area (TPSA) is 56.6 Å². The summed E-state index contributed by atoms with van der Waals surface area (Å²) in [5.41, 5.74) is 0.313. The zero-order chi connectivity index (χ0) is 9.84. The van der Waals surface area contributed by atoms with Gasteiger partial charge in [0.2, 0.25) is 0 Å². The molecule has 0 aromatic rings. The van der Waals surface area contributed by atoms with Crippen LogP contribution in [0.2, 0.25) is 0 Å². The molecule has 1 aliphatic rings. The fourth-order valence-electron chi connectivity index (χ4n) is 1.02. The van der Waals surface area contributed by atoms with Gasteiger partial charge in [-0.15, -0.1) is 0 Å². The molecule has 1 heterocycles. The van der Waals surface area contributed by atoms with Crippen LogP contribution >= 0.6 is 0 Å². The van der Waals surface area contributed by atoms with Crippen LogP contribution in [0.25, 0.3) is 0 Å². The number of cyclic esters (lactones) is 1. The molecule has 0 unspecified atom stereocenters. The second-order valence-corrected chi connectivity index (χ2v) is 2.86. The second kappa shape index (κ2) is 3.81. The Kier molecular flexibility index (Phi) is 2.75. The first kappa shape index (κ1) is 9.39. The quantitative estimate of drug-likeness (QED) is 0.577. The number of nitrogens with zero attached hydrogens (tertiary/aromatic N) is 3. The maximum absolute atomic E-state index is 11.0. The van der Waals surface area contributed by atoms with Gasteiger partial charge < -0.3 is 9.64 Å². The molecule has 13 heavy (non-hydrogen) atoms. The number of carbonyl (C=O) groups excluding carboxylic acids is 1. The van der Waals surface area contributed by atoms with Crippen molar-refractivity contribution in [3.63, 3.8) is 0 Å². The second-order valence-electron chi connectivity index (χ2n) is 2.86. The van der Waals surface area contributed by atoms with Gasteiger partial charge in [0, 0.05) is 20.3 Å². The lowest BCUT2D eigenvalue weighted by Crippen LogP contribution is -2.24. The van der Waals surface area contributed by atoms with Crippen LogP contribution in [-0.4, -0.2) is 43.1 Å². The smallest absolute Gasteiger partial charge is 0.415 e. The number of amides is 1. The lowest BCUT2D eigenvalue weighted by Gasteiger charge is -2.13. The Morgan fingerprint density at radius 2 is 2.46 bits per heavy atom. The van der Waals surface area contributed by atoms with Crippen molar-refractivity contribution in [1.29, 1.82) is 5.26 Å². The van der Waals surface area contributed by atoms with E-state index in [1.807, 2.05) is 6.07 Å². The van der Waals surface area contributed by atoms with Crippen molar-refractivity contribution in [3.05, 3.63) is 11.9 Å². The van der Waals surface area contributed by atoms with Gasteiger partial charge in [-0.2, -0.15) is 5.26 Å². The van der Waals surface area contributed by atoms with Crippen molar-refractivity contribution in [3.8, 4) is 6.07 Å². The number of nitriles is 1. The summed E-state index contributed by atoms with van der Waals surface area (Å²) < 4.78 is 4.71. The van der Waals surface area contributed by atoms with Crippen molar-refractivity contribution in [2.45, 2.75) is 0 Å². The summed E-state index contributed by atoms with van der Waals surface area (Å²) in [6.07, 6.45) is 1.14. The Bertz CT molecular complexity index is 278. The van der Waals surface area contributed by atoms with Crippen molar-refractivity contribution >= 4 is 6.09 Å². The van der Waals surface area contributed by atoms with Crippen LogP contribution in [0.1, 0.15) is 0 Å². The standard InChI is InChI=1S/C8H11N3O2/c1-10(2)6-7(5-9)11-3-4-13-8(11)12/h6H,3-4H2,1-2H3/b7-6-. The highest BCUT2D eigenvalue weighted by Crippen LogP contribution is 2.11. The molecule has 5 heteroatoms. The summed E-state index contributed by atoms with van der Waals surface area (Å²) in [5, 5.41) is 8.76. The van der Waals surface area contributed by atoms with Crippen LogP contribution in [0.5, 0.6) is 0 Å². The molecular formula is C8H11N3O2. The normalized spacial score (nSPS) is 16.8. The van der Waals surface area contributed by atoms with Gasteiger partial charge in [0.15, 0.2) is 0 Å². The number of rotatable bonds is 2. The van der Waals surface area contributed by atoms with Crippen LogP contribution in [0.3, 0.4) is 0 Å². The minimum Gasteiger partial charge on any atom is -0.447 e. The molecular weight excluding hydrogens is 170 g/mol. The third-order valence-corrected chi connectivity index (χ3v) is 1.55. The van der Waals surface area contributed by atoms with Crippen LogP contribution in [-0.2, 0) is 4.74 Å². The molecule has 0 aliphatic carbocycles. The first-order valence-electron chi connectivity index (χ1n) is 3.88. The SMILES string of the molecule is CN(C)/C=C(/C#N)N1CCOC1=O. The molecule has 0 atom stereocenters. The molecule has 70 valence electrons. The monoisotopic (exact) mass is 181 g/mol. The van der Waals surface area contributed by atoms with E-state index < -0.39 is 6.09 Å². The summed E-state index contributed by atoms with van der Waals surface area (Å²) >= 11 is 0. The molecule has 1 saturated heterocycles. The number of carbonyl (C=O) groups is 1. The van der Waals surface area contributed by atoms with E-state index >= 15 is 0 Å². The van der Waals surface area contributed by atoms with Crippen molar-refractivity contribution in [2.24, 2.45) is 0 Å². The fraction of sp³-hybridized carbons (Fsp3) is 0.500. The Hall–Kier alpha value is -1.70. The van der Waals surface area contributed by atoms with E-state index in [9.17, 15) is 4.79 Å². The van der Waals surface area contributed by atoms with E-state index in [-0.39, 0.29) is 0 Å². The molecule has 0 N–H and O–H groups in total. The molecule has 0 saturated carbocycles. The molecule has 0 radical (unpaired) electrons. The average Bonchev–Trinajstić information content (AvgIpc) is 2.47. The minimum atomic E-state index is -0.449. The Labute approximate surface area is 76.8 Å². The van der Waals surface area contributed by atoms with Crippen molar-refractivity contribution in [2.75, 3.05) is 27.2 Å². The van der Waals surface area contributed by atoms with Gasteiger partial charge in [-0.3, -0.25) is 4.90 Å². The van der Waals surface area contributed by atoms with E-state index in [0.29, 0.717) is 18.8 Å². The van der Waals surface area contributed by atoms with Crippen LogP contribution < -0.4 is 0 Å². The Balaban J connectivity index is 2.79. The number of hydrogen-bond acceptors (Lipinski definition) is 4. The van der Waals surface area contributed by atoms with E-state index in [0.717, 1.165) is 0 Å². The van der Waals surface area contributed by atoms with E-state index in [4.69, 9.17) is 10.00 Å². The third kappa shape index (κ3) is 2.12. The molecule has 0 bridgehead atoms. The summed E-state index contributed by atoms with van der Waals surface area (Å²) in [4.78, 5) is 14.1. The number of hydrogen-bond donors (Lipinski definition) is 0. The van der Waals surface area contributed by atoms with Gasteiger partial charge in [0.1, 0.15) is 18.4 Å². The van der Waals surface area contributed by atoms with Gasteiger partial charge in [-0.1, -0.05) is 0 Å². The molecule has 1 amide bonds. The predicted molar refractivity (Wildman–Crippen MR) is 45.4 cm³/mol. The molecule has 1 aliphatic heterocycles. The number of allylic oxidation sites excluding steroid dienone is 1. The third-order valence-electron chi connectivity index (χ3n) is 1.55. The highest BCUT2D eigenvalue weighted by molar-refractivity contribution is 5.72. The van der Waals surface area contributed by atoms with Crippen molar-refractivity contribution in [1.82, 2.24) is 9.80 Å². The molecule has 0 spiro atoms. The highest BCUT2D eigenvalue weighted by Gasteiger charge is 2.25. The van der Waals surface area contributed by atoms with Gasteiger partial charge in [0.05, 0.1) is 6.54 Å². The van der Waals surface area contributed by atoms with E-state index in [1.165, 1.54) is 4.90 Å².